The predicted octanol–water partition coefficient (Wildman–Crippen LogP) is 2.99. The Bertz CT molecular complexity index is 217. The molecule has 0 heterocycles. The largest absolute Gasteiger partial charge is 0.469 e. The van der Waals surface area contributed by atoms with Crippen molar-refractivity contribution in [1.29, 1.82) is 0 Å². The first-order valence-corrected chi connectivity index (χ1v) is 8.40. The molecule has 0 aromatic heterocycles. The Morgan fingerprint density at radius 2 is 1.11 bits per heavy atom. The van der Waals surface area contributed by atoms with Crippen molar-refractivity contribution >= 4 is 7.82 Å². The minimum absolute atomic E-state index is 0.144. The van der Waals surface area contributed by atoms with Crippen molar-refractivity contribution in [2.75, 3.05) is 13.2 Å². The van der Waals surface area contributed by atoms with Crippen LogP contribution >= 0.6 is 7.82 Å². The maximum absolute atomic E-state index is 10.4. The minimum Gasteiger partial charge on any atom is -0.396 e. The van der Waals surface area contributed by atoms with Gasteiger partial charge in [0, 0.05) is 6.61 Å². The van der Waals surface area contributed by atoms with Crippen LogP contribution in [0.3, 0.4) is 0 Å². The van der Waals surface area contributed by atoms with Crippen LogP contribution < -0.4 is 0 Å². The fourth-order valence-electron chi connectivity index (χ4n) is 1.81. The summed E-state index contributed by atoms with van der Waals surface area (Å²) in [6.07, 6.45) is 10.9. The molecule has 0 fully saturated rings. The molecular formula is C12H27O5P. The predicted molar refractivity (Wildman–Crippen MR) is 71.3 cm³/mol. The summed E-state index contributed by atoms with van der Waals surface area (Å²) in [5.74, 6) is 0. The fraction of sp³-hybridized carbons (Fsp3) is 1.00. The molecule has 0 radical (unpaired) electrons. The van der Waals surface area contributed by atoms with Crippen molar-refractivity contribution in [2.24, 2.45) is 0 Å². The highest BCUT2D eigenvalue weighted by Crippen LogP contribution is 2.35. The van der Waals surface area contributed by atoms with Crippen molar-refractivity contribution in [3.05, 3.63) is 0 Å². The molecule has 0 bridgehead atoms. The first-order valence-electron chi connectivity index (χ1n) is 6.87. The Balaban J connectivity index is 3.01. The van der Waals surface area contributed by atoms with E-state index in [1.54, 1.807) is 0 Å². The number of unbranched alkanes of at least 4 members (excludes halogenated alkanes) is 9. The smallest absolute Gasteiger partial charge is 0.396 e. The van der Waals surface area contributed by atoms with Crippen LogP contribution in [0.5, 0.6) is 0 Å². The van der Waals surface area contributed by atoms with Crippen LogP contribution in [0.2, 0.25) is 0 Å². The first kappa shape index (κ1) is 18.1. The second kappa shape index (κ2) is 12.1. The van der Waals surface area contributed by atoms with E-state index in [4.69, 9.17) is 14.9 Å². The Labute approximate surface area is 110 Å². The lowest BCUT2D eigenvalue weighted by Crippen LogP contribution is -1.92. The van der Waals surface area contributed by atoms with Crippen LogP contribution in [0.25, 0.3) is 0 Å². The standard InChI is InChI=1S/C12H27O5P/c13-11-9-7-5-3-1-2-4-6-8-10-12-17-18(14,15)16/h13H,1-12H2,(H2,14,15,16). The molecule has 0 atom stereocenters. The topological polar surface area (TPSA) is 87.0 Å². The number of hydrogen-bond acceptors (Lipinski definition) is 3. The maximum Gasteiger partial charge on any atom is 0.469 e. The summed E-state index contributed by atoms with van der Waals surface area (Å²) in [4.78, 5) is 16.9. The van der Waals surface area contributed by atoms with Crippen LogP contribution in [0.1, 0.15) is 64.2 Å². The molecule has 6 heteroatoms. The van der Waals surface area contributed by atoms with Crippen molar-refractivity contribution in [1.82, 2.24) is 0 Å². The molecule has 0 saturated carbocycles. The van der Waals surface area contributed by atoms with Crippen LogP contribution in [0.15, 0.2) is 0 Å². The zero-order valence-electron chi connectivity index (χ0n) is 11.1. The average Bonchev–Trinajstić information content (AvgIpc) is 2.29. The molecule has 0 aliphatic heterocycles. The van der Waals surface area contributed by atoms with Gasteiger partial charge in [-0.2, -0.15) is 0 Å². The number of phosphoric ester groups is 1. The van der Waals surface area contributed by atoms with Gasteiger partial charge in [-0.05, 0) is 12.8 Å². The number of aliphatic hydroxyl groups excluding tert-OH is 1. The SMILES string of the molecule is O=P(O)(O)OCCCCCCCCCCCCO. The van der Waals surface area contributed by atoms with E-state index < -0.39 is 7.82 Å². The molecule has 0 amide bonds. The van der Waals surface area contributed by atoms with Gasteiger partial charge in [0.2, 0.25) is 0 Å². The summed E-state index contributed by atoms with van der Waals surface area (Å²) in [6.45, 7) is 0.447. The fourth-order valence-corrected chi connectivity index (χ4v) is 2.18. The number of rotatable bonds is 13. The number of hydrogen-bond donors (Lipinski definition) is 3. The molecule has 0 aliphatic carbocycles. The van der Waals surface area contributed by atoms with Gasteiger partial charge in [0.15, 0.2) is 0 Å². The molecule has 0 aromatic rings. The van der Waals surface area contributed by atoms with Gasteiger partial charge in [-0.15, -0.1) is 0 Å². The van der Waals surface area contributed by atoms with Crippen molar-refractivity contribution in [2.45, 2.75) is 64.2 Å². The third kappa shape index (κ3) is 16.1. The van der Waals surface area contributed by atoms with E-state index in [2.05, 4.69) is 4.52 Å². The van der Waals surface area contributed by atoms with Gasteiger partial charge in [-0.25, -0.2) is 4.57 Å². The molecule has 0 aliphatic rings. The number of aliphatic hydroxyl groups is 1. The summed E-state index contributed by atoms with van der Waals surface area (Å²) in [5, 5.41) is 8.60. The highest BCUT2D eigenvalue weighted by molar-refractivity contribution is 7.46. The lowest BCUT2D eigenvalue weighted by molar-refractivity contribution is 0.193. The molecule has 3 N–H and O–H groups in total. The summed E-state index contributed by atoms with van der Waals surface area (Å²) in [7, 11) is -4.26. The quantitative estimate of drug-likeness (QED) is 0.357. The van der Waals surface area contributed by atoms with Crippen LogP contribution in [-0.2, 0) is 9.09 Å². The molecule has 0 rings (SSSR count). The molecule has 110 valence electrons. The molecule has 0 spiro atoms. The lowest BCUT2D eigenvalue weighted by Gasteiger charge is -2.05. The second-order valence-corrected chi connectivity index (χ2v) is 5.82. The van der Waals surface area contributed by atoms with E-state index in [1.165, 1.54) is 32.1 Å². The Kier molecular flexibility index (Phi) is 12.2. The zero-order valence-corrected chi connectivity index (χ0v) is 12.0. The van der Waals surface area contributed by atoms with Crippen LogP contribution in [0.4, 0.5) is 0 Å². The van der Waals surface area contributed by atoms with E-state index in [9.17, 15) is 4.57 Å². The molecule has 0 unspecified atom stereocenters. The van der Waals surface area contributed by atoms with Crippen LogP contribution in [0, 0.1) is 0 Å². The Morgan fingerprint density at radius 1 is 0.722 bits per heavy atom. The Hall–Kier alpha value is 0.0700. The van der Waals surface area contributed by atoms with Gasteiger partial charge in [0.25, 0.3) is 0 Å². The normalized spacial score (nSPS) is 11.9. The highest BCUT2D eigenvalue weighted by Gasteiger charge is 2.12. The molecule has 5 nitrogen and oxygen atoms in total. The molecular weight excluding hydrogens is 255 g/mol. The van der Waals surface area contributed by atoms with Crippen LogP contribution in [-0.4, -0.2) is 28.1 Å². The third-order valence-corrected chi connectivity index (χ3v) is 3.33. The van der Waals surface area contributed by atoms with Gasteiger partial charge in [-0.3, -0.25) is 4.52 Å². The molecule has 18 heavy (non-hydrogen) atoms. The van der Waals surface area contributed by atoms with Gasteiger partial charge in [0.05, 0.1) is 6.61 Å². The van der Waals surface area contributed by atoms with Gasteiger partial charge in [-0.1, -0.05) is 51.4 Å². The van der Waals surface area contributed by atoms with E-state index in [1.807, 2.05) is 0 Å². The monoisotopic (exact) mass is 282 g/mol. The summed E-state index contributed by atoms with van der Waals surface area (Å²) < 4.78 is 14.7. The van der Waals surface area contributed by atoms with Gasteiger partial charge >= 0.3 is 7.82 Å². The lowest BCUT2D eigenvalue weighted by atomic mass is 10.1. The van der Waals surface area contributed by atoms with Crippen molar-refractivity contribution in [3.8, 4) is 0 Å². The average molecular weight is 282 g/mol. The second-order valence-electron chi connectivity index (χ2n) is 4.58. The van der Waals surface area contributed by atoms with E-state index in [0.29, 0.717) is 13.0 Å². The summed E-state index contributed by atoms with van der Waals surface area (Å²) in [5.41, 5.74) is 0. The van der Waals surface area contributed by atoms with E-state index >= 15 is 0 Å². The summed E-state index contributed by atoms with van der Waals surface area (Å²) >= 11 is 0. The molecule has 0 saturated heterocycles. The van der Waals surface area contributed by atoms with Gasteiger partial charge < -0.3 is 14.9 Å². The van der Waals surface area contributed by atoms with E-state index in [-0.39, 0.29) is 6.61 Å². The number of phosphoric acid groups is 1. The first-order chi connectivity index (χ1) is 8.56. The zero-order chi connectivity index (χ0) is 13.7. The molecule has 0 aromatic carbocycles. The van der Waals surface area contributed by atoms with E-state index in [0.717, 1.165) is 25.7 Å². The minimum atomic E-state index is -4.26. The van der Waals surface area contributed by atoms with Gasteiger partial charge in [0.1, 0.15) is 0 Å². The Morgan fingerprint density at radius 3 is 1.50 bits per heavy atom. The third-order valence-electron chi connectivity index (χ3n) is 2.81. The highest BCUT2D eigenvalue weighted by atomic mass is 31.2. The maximum atomic E-state index is 10.4. The summed E-state index contributed by atoms with van der Waals surface area (Å²) in [6, 6.07) is 0. The van der Waals surface area contributed by atoms with Crippen molar-refractivity contribution < 1.29 is 24.0 Å². The van der Waals surface area contributed by atoms with Crippen molar-refractivity contribution in [3.63, 3.8) is 0 Å².